The van der Waals surface area contributed by atoms with E-state index in [2.05, 4.69) is 16.9 Å². The molecule has 50 valence electrons. The number of hydrogen-bond donors (Lipinski definition) is 1. The Balaban J connectivity index is 2.74. The highest BCUT2D eigenvalue weighted by Gasteiger charge is 2.15. The second-order valence-corrected chi connectivity index (χ2v) is 1.61. The maximum absolute atomic E-state index is 10.6. The van der Waals surface area contributed by atoms with Crippen LogP contribution in [0, 0.1) is 0 Å². The summed E-state index contributed by atoms with van der Waals surface area (Å²) in [5.74, 6) is -0.576. The molecule has 0 unspecified atom stereocenters. The van der Waals surface area contributed by atoms with E-state index in [1.54, 1.807) is 0 Å². The molecule has 1 rings (SSSR count). The van der Waals surface area contributed by atoms with Crippen LogP contribution in [0.4, 0.5) is 0 Å². The van der Waals surface area contributed by atoms with Gasteiger partial charge in [-0.25, -0.2) is 10.3 Å². The average Bonchev–Trinajstić information content (AvgIpc) is 1.92. The van der Waals surface area contributed by atoms with E-state index >= 15 is 0 Å². The molecule has 0 spiro atoms. The molecule has 0 radical (unpaired) electrons. The Bertz CT molecular complexity index is 225. The van der Waals surface area contributed by atoms with Crippen molar-refractivity contribution in [1.82, 2.24) is 10.4 Å². The van der Waals surface area contributed by atoms with Gasteiger partial charge in [0, 0.05) is 11.1 Å². The Kier molecular flexibility index (Phi) is 0.677. The van der Waals surface area contributed by atoms with Crippen LogP contribution >= 0.6 is 0 Å². The number of nitrogens with zero attached hydrogens (tertiary/aromatic N) is 1. The Morgan fingerprint density at radius 2 is 2.89 bits per heavy atom. The maximum atomic E-state index is 10.6. The van der Waals surface area contributed by atoms with Gasteiger partial charge in [0.25, 0.3) is 0 Å². The molecule has 0 amide bonds. The van der Waals surface area contributed by atoms with Crippen molar-refractivity contribution in [3.63, 3.8) is 0 Å². The van der Waals surface area contributed by atoms with E-state index in [0.29, 0.717) is 0 Å². The molecule has 1 aliphatic rings. The first kappa shape index (κ1) is 3.10. The third-order valence-electron chi connectivity index (χ3n) is 0.896. The SMILES string of the molecule is [2H]C([2H])([2H])N1CC(=O)ONC1=C. The van der Waals surface area contributed by atoms with Crippen LogP contribution in [0.25, 0.3) is 0 Å². The standard InChI is InChI=1S/C5H8N2O2/c1-4-6-9-5(8)3-7(4)2/h6H,1,3H2,2H3/i2D3. The molecular weight excluding hydrogens is 120 g/mol. The lowest BCUT2D eigenvalue weighted by atomic mass is 10.5. The molecule has 1 heterocycles. The van der Waals surface area contributed by atoms with E-state index in [9.17, 15) is 4.79 Å². The molecule has 1 aliphatic heterocycles. The number of likely N-dealkylation sites (N-methyl/N-ethyl adjacent to an activating group) is 1. The monoisotopic (exact) mass is 131 g/mol. The van der Waals surface area contributed by atoms with Crippen LogP contribution in [0.3, 0.4) is 0 Å². The van der Waals surface area contributed by atoms with Crippen LogP contribution in [-0.4, -0.2) is 24.4 Å². The van der Waals surface area contributed by atoms with Gasteiger partial charge in [0.2, 0.25) is 0 Å². The molecule has 1 fully saturated rings. The maximum Gasteiger partial charge on any atom is 0.351 e. The molecule has 4 nitrogen and oxygen atoms in total. The summed E-state index contributed by atoms with van der Waals surface area (Å²) < 4.78 is 21.0. The van der Waals surface area contributed by atoms with Gasteiger partial charge < -0.3 is 9.74 Å². The fourth-order valence-corrected chi connectivity index (χ4v) is 0.428. The number of nitrogens with one attached hydrogen (secondary N) is 1. The molecule has 0 saturated carbocycles. The van der Waals surface area contributed by atoms with E-state index in [-0.39, 0.29) is 12.4 Å². The molecular formula is C5H8N2O2. The van der Waals surface area contributed by atoms with Crippen molar-refractivity contribution in [1.29, 1.82) is 0 Å². The quantitative estimate of drug-likeness (QED) is 0.479. The highest BCUT2D eigenvalue weighted by molar-refractivity contribution is 5.72. The molecule has 0 aromatic rings. The van der Waals surface area contributed by atoms with Crippen molar-refractivity contribution in [2.24, 2.45) is 0 Å². The normalized spacial score (nSPS) is 25.3. The third kappa shape index (κ3) is 1.13. The summed E-state index contributed by atoms with van der Waals surface area (Å²) in [7, 11) is 0. The van der Waals surface area contributed by atoms with Gasteiger partial charge in [0.05, 0.1) is 0 Å². The number of carbonyl (C=O) groups is 1. The lowest BCUT2D eigenvalue weighted by Gasteiger charge is -2.25. The summed E-state index contributed by atoms with van der Waals surface area (Å²) in [6.45, 7) is 0.713. The van der Waals surface area contributed by atoms with Crippen LogP contribution < -0.4 is 5.48 Å². The van der Waals surface area contributed by atoms with Gasteiger partial charge in [-0.2, -0.15) is 0 Å². The minimum atomic E-state index is -2.36. The zero-order chi connectivity index (χ0) is 9.35. The molecule has 1 N–H and O–H groups in total. The van der Waals surface area contributed by atoms with E-state index in [1.807, 2.05) is 0 Å². The van der Waals surface area contributed by atoms with Crippen LogP contribution in [0.15, 0.2) is 12.4 Å². The third-order valence-corrected chi connectivity index (χ3v) is 0.896. The summed E-state index contributed by atoms with van der Waals surface area (Å²) >= 11 is 0. The Morgan fingerprint density at radius 1 is 2.11 bits per heavy atom. The highest BCUT2D eigenvalue weighted by atomic mass is 16.7. The van der Waals surface area contributed by atoms with Gasteiger partial charge in [0.15, 0.2) is 0 Å². The zero-order valence-corrected chi connectivity index (χ0v) is 4.68. The molecule has 0 aromatic heterocycles. The van der Waals surface area contributed by atoms with E-state index in [4.69, 9.17) is 4.11 Å². The summed E-state index contributed by atoms with van der Waals surface area (Å²) in [4.78, 5) is 15.8. The first-order chi connectivity index (χ1) is 5.41. The molecule has 4 heteroatoms. The molecule has 0 atom stereocenters. The summed E-state index contributed by atoms with van der Waals surface area (Å²) in [5.41, 5.74) is 2.11. The van der Waals surface area contributed by atoms with Crippen molar-refractivity contribution in [2.45, 2.75) is 0 Å². The number of hydrogen-bond acceptors (Lipinski definition) is 4. The average molecular weight is 131 g/mol. The predicted octanol–water partition coefficient (Wildman–Crippen LogP) is -0.549. The van der Waals surface area contributed by atoms with Crippen molar-refractivity contribution in [3.8, 4) is 0 Å². The van der Waals surface area contributed by atoms with Crippen LogP contribution in [0.5, 0.6) is 0 Å². The lowest BCUT2D eigenvalue weighted by molar-refractivity contribution is -0.156. The van der Waals surface area contributed by atoms with Crippen molar-refractivity contribution >= 4 is 5.97 Å². The van der Waals surface area contributed by atoms with Crippen molar-refractivity contribution in [2.75, 3.05) is 13.5 Å². The van der Waals surface area contributed by atoms with Crippen LogP contribution in [-0.2, 0) is 9.63 Å². The zero-order valence-electron chi connectivity index (χ0n) is 7.68. The number of carbonyl (C=O) groups excluding carboxylic acids is 1. The molecule has 9 heavy (non-hydrogen) atoms. The fourth-order valence-electron chi connectivity index (χ4n) is 0.428. The van der Waals surface area contributed by atoms with Gasteiger partial charge in [0.1, 0.15) is 12.4 Å². The number of hydroxylamine groups is 1. The minimum absolute atomic E-state index is 0.0644. The molecule has 1 saturated heterocycles. The van der Waals surface area contributed by atoms with Gasteiger partial charge in [-0.05, 0) is 0 Å². The summed E-state index contributed by atoms with van der Waals surface area (Å²) in [5, 5.41) is 0. The highest BCUT2D eigenvalue weighted by Crippen LogP contribution is 1.98. The Labute approximate surface area is 57.3 Å². The minimum Gasteiger partial charge on any atom is -0.348 e. The molecule has 0 aromatic carbocycles. The second kappa shape index (κ2) is 1.97. The Morgan fingerprint density at radius 3 is 3.44 bits per heavy atom. The van der Waals surface area contributed by atoms with E-state index < -0.39 is 12.9 Å². The summed E-state index contributed by atoms with van der Waals surface area (Å²) in [6.07, 6.45) is 0. The number of rotatable bonds is 0. The van der Waals surface area contributed by atoms with Gasteiger partial charge in [-0.3, -0.25) is 0 Å². The van der Waals surface area contributed by atoms with E-state index in [1.165, 1.54) is 0 Å². The van der Waals surface area contributed by atoms with Crippen LogP contribution in [0.1, 0.15) is 4.11 Å². The first-order valence-corrected chi connectivity index (χ1v) is 2.33. The molecule has 0 aliphatic carbocycles. The topological polar surface area (TPSA) is 41.6 Å². The fraction of sp³-hybridized carbons (Fsp3) is 0.400. The van der Waals surface area contributed by atoms with Crippen molar-refractivity contribution < 1.29 is 13.7 Å². The molecule has 0 bridgehead atoms. The van der Waals surface area contributed by atoms with Gasteiger partial charge in [-0.15, -0.1) is 0 Å². The second-order valence-electron chi connectivity index (χ2n) is 1.61. The lowest BCUT2D eigenvalue weighted by Crippen LogP contribution is -2.41. The predicted molar refractivity (Wildman–Crippen MR) is 31.0 cm³/mol. The smallest absolute Gasteiger partial charge is 0.348 e. The largest absolute Gasteiger partial charge is 0.351 e. The summed E-state index contributed by atoms with van der Waals surface area (Å²) in [6, 6.07) is 0. The van der Waals surface area contributed by atoms with Crippen molar-refractivity contribution in [3.05, 3.63) is 12.4 Å². The van der Waals surface area contributed by atoms with Crippen LogP contribution in [0.2, 0.25) is 0 Å². The first-order valence-electron chi connectivity index (χ1n) is 3.83. The van der Waals surface area contributed by atoms with E-state index in [0.717, 1.165) is 4.90 Å². The van der Waals surface area contributed by atoms with Gasteiger partial charge in [-0.1, -0.05) is 6.58 Å². The Hall–Kier alpha value is -1.19. The van der Waals surface area contributed by atoms with Gasteiger partial charge >= 0.3 is 5.97 Å².